The van der Waals surface area contributed by atoms with Gasteiger partial charge in [-0.2, -0.15) is 0 Å². The van der Waals surface area contributed by atoms with Crippen LogP contribution in [-0.2, 0) is 16.6 Å². The van der Waals surface area contributed by atoms with Crippen molar-refractivity contribution in [3.05, 3.63) is 35.5 Å². The van der Waals surface area contributed by atoms with Crippen molar-refractivity contribution in [2.75, 3.05) is 6.54 Å². The zero-order valence-corrected chi connectivity index (χ0v) is 13.2. The molecule has 0 bridgehead atoms. The van der Waals surface area contributed by atoms with E-state index in [4.69, 9.17) is 5.11 Å². The number of carboxylic acids is 1. The number of rotatable bonds is 5. The number of nitrogens with zero attached hydrogens (tertiary/aromatic N) is 1. The Bertz CT molecular complexity index is 779. The van der Waals surface area contributed by atoms with Crippen molar-refractivity contribution in [3.63, 3.8) is 0 Å². The van der Waals surface area contributed by atoms with Gasteiger partial charge in [-0.1, -0.05) is 11.6 Å². The molecule has 1 heterocycles. The van der Waals surface area contributed by atoms with Gasteiger partial charge in [0, 0.05) is 18.0 Å². The molecule has 1 atom stereocenters. The van der Waals surface area contributed by atoms with Crippen LogP contribution in [-0.4, -0.2) is 40.0 Å². The van der Waals surface area contributed by atoms with Crippen molar-refractivity contribution in [3.8, 4) is 0 Å². The minimum Gasteiger partial charge on any atom is -0.480 e. The highest BCUT2D eigenvalue weighted by molar-refractivity contribution is 6.01. The van der Waals surface area contributed by atoms with Gasteiger partial charge < -0.3 is 20.3 Å². The van der Waals surface area contributed by atoms with Crippen molar-refractivity contribution < 1.29 is 19.5 Å². The second-order valence-electron chi connectivity index (χ2n) is 5.46. The van der Waals surface area contributed by atoms with Crippen LogP contribution in [0.25, 0.3) is 10.9 Å². The number of amides is 2. The maximum Gasteiger partial charge on any atom is 0.322 e. The molecule has 0 saturated heterocycles. The SMILES string of the molecule is Cc1ccc2c(c1)cc(C(=O)NC(C)C(=O)NCC(=O)O)n2C. The lowest BCUT2D eigenvalue weighted by Crippen LogP contribution is -2.46. The number of benzene rings is 1. The number of aliphatic carboxylic acids is 1. The minimum absolute atomic E-state index is 0.390. The summed E-state index contributed by atoms with van der Waals surface area (Å²) < 4.78 is 1.76. The Morgan fingerprint density at radius 3 is 2.61 bits per heavy atom. The highest BCUT2D eigenvalue weighted by atomic mass is 16.4. The summed E-state index contributed by atoms with van der Waals surface area (Å²) in [6.07, 6.45) is 0. The Kier molecular flexibility index (Phi) is 4.68. The van der Waals surface area contributed by atoms with Crippen LogP contribution >= 0.6 is 0 Å². The molecule has 7 nitrogen and oxygen atoms in total. The summed E-state index contributed by atoms with van der Waals surface area (Å²) in [4.78, 5) is 34.5. The highest BCUT2D eigenvalue weighted by Gasteiger charge is 2.19. The summed E-state index contributed by atoms with van der Waals surface area (Å²) >= 11 is 0. The van der Waals surface area contributed by atoms with Gasteiger partial charge in [-0.25, -0.2) is 0 Å². The normalized spacial score (nSPS) is 12.0. The van der Waals surface area contributed by atoms with Gasteiger partial charge in [0.05, 0.1) is 0 Å². The van der Waals surface area contributed by atoms with Crippen molar-refractivity contribution in [1.29, 1.82) is 0 Å². The lowest BCUT2D eigenvalue weighted by molar-refractivity contribution is -0.138. The maximum atomic E-state index is 12.3. The Morgan fingerprint density at radius 2 is 1.96 bits per heavy atom. The molecule has 0 saturated carbocycles. The molecule has 0 aliphatic heterocycles. The van der Waals surface area contributed by atoms with E-state index in [0.717, 1.165) is 16.5 Å². The van der Waals surface area contributed by atoms with Crippen LogP contribution in [0.1, 0.15) is 23.0 Å². The summed E-state index contributed by atoms with van der Waals surface area (Å²) in [6.45, 7) is 3.00. The number of aryl methyl sites for hydroxylation is 2. The molecule has 23 heavy (non-hydrogen) atoms. The van der Waals surface area contributed by atoms with Crippen molar-refractivity contribution in [2.45, 2.75) is 19.9 Å². The summed E-state index contributed by atoms with van der Waals surface area (Å²) in [7, 11) is 1.78. The molecule has 1 aromatic carbocycles. The molecular weight excluding hydrogens is 298 g/mol. The predicted molar refractivity (Wildman–Crippen MR) is 85.2 cm³/mol. The molecular formula is C16H19N3O4. The molecule has 0 radical (unpaired) electrons. The van der Waals surface area contributed by atoms with Crippen molar-refractivity contribution in [1.82, 2.24) is 15.2 Å². The fourth-order valence-corrected chi connectivity index (χ4v) is 2.34. The van der Waals surface area contributed by atoms with Crippen molar-refractivity contribution >= 4 is 28.7 Å². The van der Waals surface area contributed by atoms with E-state index in [1.165, 1.54) is 6.92 Å². The third-order valence-corrected chi connectivity index (χ3v) is 3.59. The monoisotopic (exact) mass is 317 g/mol. The third kappa shape index (κ3) is 3.68. The van der Waals surface area contributed by atoms with Crippen LogP contribution in [0, 0.1) is 6.92 Å². The first-order chi connectivity index (χ1) is 10.8. The first kappa shape index (κ1) is 16.5. The zero-order chi connectivity index (χ0) is 17.1. The summed E-state index contributed by atoms with van der Waals surface area (Å²) in [5.74, 6) is -2.07. The molecule has 3 N–H and O–H groups in total. The smallest absolute Gasteiger partial charge is 0.322 e. The predicted octanol–water partition coefficient (Wildman–Crippen LogP) is 0.806. The topological polar surface area (TPSA) is 100 Å². The van der Waals surface area contributed by atoms with Crippen LogP contribution in [0.15, 0.2) is 24.3 Å². The number of hydrogen-bond donors (Lipinski definition) is 3. The fourth-order valence-electron chi connectivity index (χ4n) is 2.34. The largest absolute Gasteiger partial charge is 0.480 e. The van der Waals surface area contributed by atoms with Crippen LogP contribution in [0.5, 0.6) is 0 Å². The molecule has 122 valence electrons. The maximum absolute atomic E-state index is 12.3. The van der Waals surface area contributed by atoms with Gasteiger partial charge in [0.1, 0.15) is 18.3 Å². The van der Waals surface area contributed by atoms with Gasteiger partial charge in [0.15, 0.2) is 0 Å². The van der Waals surface area contributed by atoms with E-state index >= 15 is 0 Å². The van der Waals surface area contributed by atoms with Crippen LogP contribution in [0.4, 0.5) is 0 Å². The molecule has 0 aliphatic carbocycles. The Labute approximate surface area is 133 Å². The molecule has 0 fully saturated rings. The third-order valence-electron chi connectivity index (χ3n) is 3.59. The second-order valence-corrected chi connectivity index (χ2v) is 5.46. The fraction of sp³-hybridized carbons (Fsp3) is 0.312. The number of aromatic nitrogens is 1. The summed E-state index contributed by atoms with van der Waals surface area (Å²) in [6, 6.07) is 6.81. The van der Waals surface area contributed by atoms with Crippen LogP contribution in [0.3, 0.4) is 0 Å². The number of hydrogen-bond acceptors (Lipinski definition) is 3. The lowest BCUT2D eigenvalue weighted by atomic mass is 10.2. The Balaban J connectivity index is 2.13. The molecule has 2 rings (SSSR count). The quantitative estimate of drug-likeness (QED) is 0.759. The first-order valence-electron chi connectivity index (χ1n) is 7.16. The summed E-state index contributed by atoms with van der Waals surface area (Å²) in [5, 5.41) is 14.3. The van der Waals surface area contributed by atoms with E-state index in [2.05, 4.69) is 10.6 Å². The van der Waals surface area contributed by atoms with Crippen molar-refractivity contribution in [2.24, 2.45) is 7.05 Å². The van der Waals surface area contributed by atoms with Gasteiger partial charge in [-0.3, -0.25) is 14.4 Å². The molecule has 0 spiro atoms. The highest BCUT2D eigenvalue weighted by Crippen LogP contribution is 2.20. The van der Waals surface area contributed by atoms with E-state index in [1.807, 2.05) is 25.1 Å². The molecule has 1 aromatic heterocycles. The van der Waals surface area contributed by atoms with E-state index in [0.29, 0.717) is 5.69 Å². The number of carbonyl (C=O) groups excluding carboxylic acids is 2. The van der Waals surface area contributed by atoms with E-state index in [1.54, 1.807) is 17.7 Å². The molecule has 1 unspecified atom stereocenters. The Hall–Kier alpha value is -2.83. The van der Waals surface area contributed by atoms with Gasteiger partial charge >= 0.3 is 5.97 Å². The van der Waals surface area contributed by atoms with Gasteiger partial charge in [0.2, 0.25) is 5.91 Å². The number of fused-ring (bicyclic) bond motifs is 1. The zero-order valence-electron chi connectivity index (χ0n) is 13.2. The van der Waals surface area contributed by atoms with E-state index in [9.17, 15) is 14.4 Å². The second kappa shape index (κ2) is 6.51. The first-order valence-corrected chi connectivity index (χ1v) is 7.16. The molecule has 2 aromatic rings. The van der Waals surface area contributed by atoms with Crippen LogP contribution in [0.2, 0.25) is 0 Å². The van der Waals surface area contributed by atoms with E-state index < -0.39 is 24.5 Å². The van der Waals surface area contributed by atoms with E-state index in [-0.39, 0.29) is 5.91 Å². The Morgan fingerprint density at radius 1 is 1.26 bits per heavy atom. The minimum atomic E-state index is -1.14. The standard InChI is InChI=1S/C16H19N3O4/c1-9-4-5-12-11(6-9)7-13(19(12)3)16(23)18-10(2)15(22)17-8-14(20)21/h4-7,10H,8H2,1-3H3,(H,17,22)(H,18,23)(H,20,21). The van der Waals surface area contributed by atoms with Gasteiger partial charge in [-0.05, 0) is 32.0 Å². The van der Waals surface area contributed by atoms with Gasteiger partial charge in [0.25, 0.3) is 5.91 Å². The van der Waals surface area contributed by atoms with Crippen LogP contribution < -0.4 is 10.6 Å². The summed E-state index contributed by atoms with van der Waals surface area (Å²) in [5.41, 5.74) is 2.45. The molecule has 2 amide bonds. The average molecular weight is 317 g/mol. The molecule has 0 aliphatic rings. The lowest BCUT2D eigenvalue weighted by Gasteiger charge is -2.13. The number of carbonyl (C=O) groups is 3. The molecule has 7 heteroatoms. The van der Waals surface area contributed by atoms with Gasteiger partial charge in [-0.15, -0.1) is 0 Å². The number of carboxylic acid groups (broad SMARTS) is 1. The number of nitrogens with one attached hydrogen (secondary N) is 2. The average Bonchev–Trinajstić information content (AvgIpc) is 2.81.